The number of para-hydroxylation sites is 1. The normalized spacial score (nSPS) is 15.3. The van der Waals surface area contributed by atoms with E-state index in [1.807, 2.05) is 6.92 Å². The number of carbonyl (C=O) groups is 2. The van der Waals surface area contributed by atoms with Gasteiger partial charge in [0.2, 0.25) is 0 Å². The van der Waals surface area contributed by atoms with Crippen molar-refractivity contribution in [3.05, 3.63) is 54.1 Å². The number of anilines is 1. The Hall–Kier alpha value is -3.07. The molecular formula is C24H30N2O6S. The van der Waals surface area contributed by atoms with E-state index >= 15 is 0 Å². The molecule has 0 aromatic heterocycles. The number of amides is 1. The van der Waals surface area contributed by atoms with Gasteiger partial charge in [0.25, 0.3) is 15.9 Å². The van der Waals surface area contributed by atoms with E-state index in [4.69, 9.17) is 9.47 Å². The third kappa shape index (κ3) is 6.71. The molecule has 0 heterocycles. The van der Waals surface area contributed by atoms with Gasteiger partial charge in [0.05, 0.1) is 22.8 Å². The van der Waals surface area contributed by atoms with E-state index in [-0.39, 0.29) is 28.1 Å². The van der Waals surface area contributed by atoms with Crippen LogP contribution in [0.5, 0.6) is 5.75 Å². The number of esters is 1. The van der Waals surface area contributed by atoms with Crippen molar-refractivity contribution in [2.45, 2.75) is 63.0 Å². The first-order chi connectivity index (χ1) is 15.8. The number of rotatable bonds is 9. The molecule has 9 heteroatoms. The highest BCUT2D eigenvalue weighted by atomic mass is 32.2. The van der Waals surface area contributed by atoms with Crippen LogP contribution in [0, 0.1) is 0 Å². The molecule has 1 atom stereocenters. The Bertz CT molecular complexity index is 1060. The van der Waals surface area contributed by atoms with E-state index in [0.29, 0.717) is 12.4 Å². The van der Waals surface area contributed by atoms with Crippen LogP contribution in [0.3, 0.4) is 0 Å². The average molecular weight is 475 g/mol. The standard InChI is InChI=1S/C24H30N2O6S/c1-3-31-19-13-15-20(16-14-19)33(29,30)26-22-12-8-7-11-21(22)24(28)32-17(2)23(27)25-18-9-5-4-6-10-18/h7-8,11-18,26H,3-6,9-10H2,1-2H3,(H,25,27). The second-order valence-electron chi connectivity index (χ2n) is 7.95. The Morgan fingerprint density at radius 2 is 1.70 bits per heavy atom. The molecule has 33 heavy (non-hydrogen) atoms. The summed E-state index contributed by atoms with van der Waals surface area (Å²) < 4.78 is 38.8. The first kappa shape index (κ1) is 24.6. The Morgan fingerprint density at radius 1 is 1.03 bits per heavy atom. The van der Waals surface area contributed by atoms with Crippen LogP contribution in [0.15, 0.2) is 53.4 Å². The summed E-state index contributed by atoms with van der Waals surface area (Å²) in [5, 5.41) is 2.93. The summed E-state index contributed by atoms with van der Waals surface area (Å²) in [6.07, 6.45) is 4.14. The molecule has 0 spiro atoms. The van der Waals surface area contributed by atoms with E-state index in [9.17, 15) is 18.0 Å². The van der Waals surface area contributed by atoms with Crippen molar-refractivity contribution in [3.63, 3.8) is 0 Å². The molecule has 1 saturated carbocycles. The first-order valence-electron chi connectivity index (χ1n) is 11.2. The number of nitrogens with one attached hydrogen (secondary N) is 2. The van der Waals surface area contributed by atoms with Crippen LogP contribution in [0.2, 0.25) is 0 Å². The Labute approximate surface area is 194 Å². The molecule has 2 aromatic carbocycles. The van der Waals surface area contributed by atoms with Crippen molar-refractivity contribution in [2.75, 3.05) is 11.3 Å². The summed E-state index contributed by atoms with van der Waals surface area (Å²) in [6.45, 7) is 3.81. The van der Waals surface area contributed by atoms with Crippen LogP contribution >= 0.6 is 0 Å². The van der Waals surface area contributed by atoms with Gasteiger partial charge >= 0.3 is 5.97 Å². The molecule has 1 aliphatic carbocycles. The summed E-state index contributed by atoms with van der Waals surface area (Å²) in [6, 6.07) is 12.2. The third-order valence-corrected chi connectivity index (χ3v) is 6.82. The minimum Gasteiger partial charge on any atom is -0.494 e. The van der Waals surface area contributed by atoms with Gasteiger partial charge < -0.3 is 14.8 Å². The van der Waals surface area contributed by atoms with Crippen LogP contribution in [-0.4, -0.2) is 39.0 Å². The lowest BCUT2D eigenvalue weighted by molar-refractivity contribution is -0.130. The van der Waals surface area contributed by atoms with Crippen LogP contribution in [-0.2, 0) is 19.6 Å². The summed E-state index contributed by atoms with van der Waals surface area (Å²) in [7, 11) is -3.96. The van der Waals surface area contributed by atoms with Gasteiger partial charge in [0.15, 0.2) is 6.10 Å². The van der Waals surface area contributed by atoms with Gasteiger partial charge in [0.1, 0.15) is 5.75 Å². The van der Waals surface area contributed by atoms with E-state index in [2.05, 4.69) is 10.0 Å². The predicted molar refractivity (Wildman–Crippen MR) is 125 cm³/mol. The van der Waals surface area contributed by atoms with Gasteiger partial charge in [-0.25, -0.2) is 13.2 Å². The summed E-state index contributed by atoms with van der Waals surface area (Å²) in [5.41, 5.74) is 0.0839. The fourth-order valence-electron chi connectivity index (χ4n) is 3.68. The topological polar surface area (TPSA) is 111 Å². The molecule has 1 fully saturated rings. The first-order valence-corrected chi connectivity index (χ1v) is 12.6. The van der Waals surface area contributed by atoms with E-state index < -0.39 is 22.1 Å². The smallest absolute Gasteiger partial charge is 0.341 e. The molecule has 1 unspecified atom stereocenters. The predicted octanol–water partition coefficient (Wildman–Crippen LogP) is 3.88. The minimum absolute atomic E-state index is 0.0179. The Balaban J connectivity index is 1.68. The van der Waals surface area contributed by atoms with Crippen LogP contribution < -0.4 is 14.8 Å². The Morgan fingerprint density at radius 3 is 2.36 bits per heavy atom. The van der Waals surface area contributed by atoms with Crippen molar-refractivity contribution in [2.24, 2.45) is 0 Å². The number of carbonyl (C=O) groups excluding carboxylic acids is 2. The van der Waals surface area contributed by atoms with E-state index in [1.165, 1.54) is 37.6 Å². The number of hydrogen-bond donors (Lipinski definition) is 2. The molecule has 1 amide bonds. The highest BCUT2D eigenvalue weighted by Gasteiger charge is 2.25. The van der Waals surface area contributed by atoms with Crippen LogP contribution in [0.25, 0.3) is 0 Å². The molecule has 1 aliphatic rings. The number of hydrogen-bond acceptors (Lipinski definition) is 6. The SMILES string of the molecule is CCOc1ccc(S(=O)(=O)Nc2ccccc2C(=O)OC(C)C(=O)NC2CCCCC2)cc1. The molecule has 0 aliphatic heterocycles. The van der Waals surface area contributed by atoms with Crippen molar-refractivity contribution < 1.29 is 27.5 Å². The number of ether oxygens (including phenoxy) is 2. The molecule has 8 nitrogen and oxygen atoms in total. The zero-order chi connectivity index (χ0) is 23.8. The van der Waals surface area contributed by atoms with Crippen molar-refractivity contribution in [1.82, 2.24) is 5.32 Å². The molecule has 3 rings (SSSR count). The zero-order valence-corrected chi connectivity index (χ0v) is 19.7. The lowest BCUT2D eigenvalue weighted by Crippen LogP contribution is -2.42. The molecule has 178 valence electrons. The second-order valence-corrected chi connectivity index (χ2v) is 9.63. The number of sulfonamides is 1. The third-order valence-electron chi connectivity index (χ3n) is 5.44. The van der Waals surface area contributed by atoms with E-state index in [1.54, 1.807) is 24.3 Å². The summed E-state index contributed by atoms with van der Waals surface area (Å²) in [5.74, 6) is -0.588. The monoisotopic (exact) mass is 474 g/mol. The zero-order valence-electron chi connectivity index (χ0n) is 18.9. The van der Waals surface area contributed by atoms with Gasteiger partial charge in [-0.05, 0) is 63.1 Å². The largest absolute Gasteiger partial charge is 0.494 e. The van der Waals surface area contributed by atoms with Gasteiger partial charge in [0, 0.05) is 6.04 Å². The lowest BCUT2D eigenvalue weighted by atomic mass is 9.95. The minimum atomic E-state index is -3.96. The van der Waals surface area contributed by atoms with Gasteiger partial charge in [-0.3, -0.25) is 9.52 Å². The van der Waals surface area contributed by atoms with Crippen LogP contribution in [0.1, 0.15) is 56.3 Å². The van der Waals surface area contributed by atoms with Crippen LogP contribution in [0.4, 0.5) is 5.69 Å². The van der Waals surface area contributed by atoms with Gasteiger partial charge in [-0.2, -0.15) is 0 Å². The second kappa shape index (κ2) is 11.2. The average Bonchev–Trinajstić information content (AvgIpc) is 2.80. The molecule has 2 N–H and O–H groups in total. The fourth-order valence-corrected chi connectivity index (χ4v) is 4.76. The molecule has 0 saturated heterocycles. The van der Waals surface area contributed by atoms with Crippen molar-refractivity contribution >= 4 is 27.6 Å². The quantitative estimate of drug-likeness (QED) is 0.534. The molecular weight excluding hydrogens is 444 g/mol. The summed E-state index contributed by atoms with van der Waals surface area (Å²) in [4.78, 5) is 25.2. The molecule has 0 radical (unpaired) electrons. The van der Waals surface area contributed by atoms with E-state index in [0.717, 1.165) is 25.7 Å². The van der Waals surface area contributed by atoms with Crippen molar-refractivity contribution in [1.29, 1.82) is 0 Å². The maximum atomic E-state index is 12.8. The fraction of sp³-hybridized carbons (Fsp3) is 0.417. The highest BCUT2D eigenvalue weighted by Crippen LogP contribution is 2.23. The Kier molecular flexibility index (Phi) is 8.32. The molecule has 2 aromatic rings. The maximum Gasteiger partial charge on any atom is 0.341 e. The summed E-state index contributed by atoms with van der Waals surface area (Å²) >= 11 is 0. The highest BCUT2D eigenvalue weighted by molar-refractivity contribution is 7.92. The maximum absolute atomic E-state index is 12.8. The van der Waals surface area contributed by atoms with Crippen molar-refractivity contribution in [3.8, 4) is 5.75 Å². The lowest BCUT2D eigenvalue weighted by Gasteiger charge is -2.24. The van der Waals surface area contributed by atoms with Gasteiger partial charge in [-0.1, -0.05) is 31.4 Å². The number of benzene rings is 2. The molecule has 0 bridgehead atoms. The van der Waals surface area contributed by atoms with Gasteiger partial charge in [-0.15, -0.1) is 0 Å².